The number of rotatable bonds is 4. The lowest BCUT2D eigenvalue weighted by atomic mass is 10.2. The zero-order valence-corrected chi connectivity index (χ0v) is 9.32. The molecule has 0 spiro atoms. The number of halogens is 2. The first kappa shape index (κ1) is 11.5. The van der Waals surface area contributed by atoms with Crippen molar-refractivity contribution < 1.29 is 8.78 Å². The number of hydrogen-bond acceptors (Lipinski definition) is 3. The first-order valence-electron chi connectivity index (χ1n) is 5.27. The molecule has 17 heavy (non-hydrogen) atoms. The molecule has 0 fully saturated rings. The van der Waals surface area contributed by atoms with Crippen LogP contribution in [0, 0.1) is 11.6 Å². The van der Waals surface area contributed by atoms with Crippen molar-refractivity contribution in [3.8, 4) is 0 Å². The van der Waals surface area contributed by atoms with Gasteiger partial charge >= 0.3 is 0 Å². The summed E-state index contributed by atoms with van der Waals surface area (Å²) in [5.74, 6) is -0.569. The molecule has 0 aliphatic carbocycles. The molecular weight excluding hydrogens is 226 g/mol. The lowest BCUT2D eigenvalue weighted by molar-refractivity contribution is 0.528. The third kappa shape index (κ3) is 2.58. The molecule has 4 nitrogen and oxygen atoms in total. The Morgan fingerprint density at radius 2 is 2.00 bits per heavy atom. The summed E-state index contributed by atoms with van der Waals surface area (Å²) < 4.78 is 28.1. The molecule has 0 bridgehead atoms. The lowest BCUT2D eigenvalue weighted by Crippen LogP contribution is -2.05. The maximum atomic E-state index is 13.4. The normalized spacial score (nSPS) is 10.5. The minimum Gasteiger partial charge on any atom is -0.368 e. The smallest absolute Gasteiger partial charge is 0.168 e. The van der Waals surface area contributed by atoms with E-state index >= 15 is 0 Å². The van der Waals surface area contributed by atoms with E-state index in [-0.39, 0.29) is 12.1 Å². The van der Waals surface area contributed by atoms with Crippen LogP contribution >= 0.6 is 0 Å². The molecule has 6 heteroatoms. The summed E-state index contributed by atoms with van der Waals surface area (Å²) in [6.45, 7) is 2.67. The summed E-state index contributed by atoms with van der Waals surface area (Å²) >= 11 is 0. The van der Waals surface area contributed by atoms with E-state index in [1.54, 1.807) is 6.20 Å². The third-order valence-electron chi connectivity index (χ3n) is 2.28. The second kappa shape index (κ2) is 4.90. The van der Waals surface area contributed by atoms with Gasteiger partial charge in [-0.2, -0.15) is 0 Å². The summed E-state index contributed by atoms with van der Waals surface area (Å²) in [6, 6.07) is 3.78. The largest absolute Gasteiger partial charge is 0.368 e. The van der Waals surface area contributed by atoms with Crippen LogP contribution < -0.4 is 5.32 Å². The average molecular weight is 238 g/mol. The van der Waals surface area contributed by atoms with Crippen molar-refractivity contribution in [3.63, 3.8) is 0 Å². The van der Waals surface area contributed by atoms with Gasteiger partial charge in [0.2, 0.25) is 0 Å². The van der Waals surface area contributed by atoms with Gasteiger partial charge in [-0.15, -0.1) is 5.10 Å². The van der Waals surface area contributed by atoms with Crippen LogP contribution in [-0.2, 0) is 6.54 Å². The third-order valence-corrected chi connectivity index (χ3v) is 2.28. The Hall–Kier alpha value is -1.98. The number of benzene rings is 1. The molecule has 0 saturated heterocycles. The average Bonchev–Trinajstić information content (AvgIpc) is 2.72. The zero-order chi connectivity index (χ0) is 12.3. The Bertz CT molecular complexity index is 490. The number of anilines is 1. The second-order valence-electron chi connectivity index (χ2n) is 3.53. The first-order valence-corrected chi connectivity index (χ1v) is 5.27. The molecular formula is C11H12F2N4. The molecule has 1 aromatic heterocycles. The van der Waals surface area contributed by atoms with Crippen molar-refractivity contribution in [2.24, 2.45) is 0 Å². The van der Waals surface area contributed by atoms with E-state index in [9.17, 15) is 8.78 Å². The Kier molecular flexibility index (Phi) is 3.32. The van der Waals surface area contributed by atoms with Crippen LogP contribution in [0.4, 0.5) is 14.6 Å². The van der Waals surface area contributed by atoms with Crippen LogP contribution in [0.1, 0.15) is 12.5 Å². The van der Waals surface area contributed by atoms with Gasteiger partial charge in [0, 0.05) is 12.1 Å². The van der Waals surface area contributed by atoms with Gasteiger partial charge in [-0.05, 0) is 19.1 Å². The summed E-state index contributed by atoms with van der Waals surface area (Å²) in [6.07, 6.45) is 1.61. The topological polar surface area (TPSA) is 42.7 Å². The molecule has 0 atom stereocenters. The van der Waals surface area contributed by atoms with Crippen molar-refractivity contribution in [3.05, 3.63) is 41.6 Å². The van der Waals surface area contributed by atoms with Crippen LogP contribution in [0.2, 0.25) is 0 Å². The van der Waals surface area contributed by atoms with Crippen LogP contribution in [-0.4, -0.2) is 21.5 Å². The minimum atomic E-state index is -0.578. The van der Waals surface area contributed by atoms with Crippen molar-refractivity contribution in [1.29, 1.82) is 0 Å². The van der Waals surface area contributed by atoms with E-state index in [0.717, 1.165) is 0 Å². The van der Waals surface area contributed by atoms with Gasteiger partial charge in [0.15, 0.2) is 5.82 Å². The van der Waals surface area contributed by atoms with Crippen LogP contribution in [0.5, 0.6) is 0 Å². The molecule has 0 amide bonds. The van der Waals surface area contributed by atoms with Crippen molar-refractivity contribution >= 4 is 5.82 Å². The number of nitrogens with zero attached hydrogens (tertiary/aromatic N) is 3. The van der Waals surface area contributed by atoms with Crippen molar-refractivity contribution in [2.45, 2.75) is 13.5 Å². The molecule has 0 radical (unpaired) electrons. The summed E-state index contributed by atoms with van der Waals surface area (Å²) in [5, 5.41) is 10.6. The van der Waals surface area contributed by atoms with Gasteiger partial charge in [0.25, 0.3) is 0 Å². The molecule has 1 heterocycles. The molecule has 0 aliphatic heterocycles. The number of nitrogens with one attached hydrogen (secondary N) is 1. The highest BCUT2D eigenvalue weighted by molar-refractivity contribution is 5.29. The van der Waals surface area contributed by atoms with Crippen molar-refractivity contribution in [2.75, 3.05) is 11.9 Å². The fourth-order valence-electron chi connectivity index (χ4n) is 1.48. The molecule has 0 aliphatic rings. The summed E-state index contributed by atoms with van der Waals surface area (Å²) in [4.78, 5) is 0. The molecule has 2 rings (SSSR count). The van der Waals surface area contributed by atoms with Gasteiger partial charge in [-0.3, -0.25) is 0 Å². The number of hydrogen-bond donors (Lipinski definition) is 1. The highest BCUT2D eigenvalue weighted by Gasteiger charge is 2.10. The lowest BCUT2D eigenvalue weighted by Gasteiger charge is -2.03. The quantitative estimate of drug-likeness (QED) is 0.886. The SMILES string of the molecule is CCNc1cn(Cc2c(F)cccc2F)nn1. The Morgan fingerprint density at radius 1 is 1.29 bits per heavy atom. The maximum Gasteiger partial charge on any atom is 0.168 e. The Balaban J connectivity index is 2.19. The Labute approximate surface area is 97.3 Å². The van der Waals surface area contributed by atoms with Crippen LogP contribution in [0.3, 0.4) is 0 Å². The molecule has 0 unspecified atom stereocenters. The predicted molar refractivity (Wildman–Crippen MR) is 59.6 cm³/mol. The Morgan fingerprint density at radius 3 is 2.65 bits per heavy atom. The van der Waals surface area contributed by atoms with Gasteiger partial charge in [-0.25, -0.2) is 13.5 Å². The molecule has 2 aromatic rings. The summed E-state index contributed by atoms with van der Waals surface area (Å²) in [7, 11) is 0. The molecule has 0 saturated carbocycles. The molecule has 90 valence electrons. The van der Waals surface area contributed by atoms with E-state index in [0.29, 0.717) is 12.4 Å². The molecule has 1 aromatic carbocycles. The van der Waals surface area contributed by atoms with Crippen LogP contribution in [0.15, 0.2) is 24.4 Å². The number of aromatic nitrogens is 3. The van der Waals surface area contributed by atoms with Gasteiger partial charge in [-0.1, -0.05) is 11.3 Å². The van der Waals surface area contributed by atoms with E-state index in [1.807, 2.05) is 6.92 Å². The van der Waals surface area contributed by atoms with Gasteiger partial charge in [0.1, 0.15) is 11.6 Å². The van der Waals surface area contributed by atoms with E-state index in [1.165, 1.54) is 22.9 Å². The van der Waals surface area contributed by atoms with Crippen LogP contribution in [0.25, 0.3) is 0 Å². The first-order chi connectivity index (χ1) is 8.20. The second-order valence-corrected chi connectivity index (χ2v) is 3.53. The standard InChI is InChI=1S/C11H12F2N4/c1-2-14-11-7-17(16-15-11)6-8-9(12)4-3-5-10(8)13/h3-5,7,14H,2,6H2,1H3. The predicted octanol–water partition coefficient (Wildman–Crippen LogP) is 2.04. The van der Waals surface area contributed by atoms with Gasteiger partial charge < -0.3 is 5.32 Å². The maximum absolute atomic E-state index is 13.4. The van der Waals surface area contributed by atoms with E-state index < -0.39 is 11.6 Å². The highest BCUT2D eigenvalue weighted by atomic mass is 19.1. The van der Waals surface area contributed by atoms with E-state index in [4.69, 9.17) is 0 Å². The fourth-order valence-corrected chi connectivity index (χ4v) is 1.48. The monoisotopic (exact) mass is 238 g/mol. The minimum absolute atomic E-state index is 0.0135. The van der Waals surface area contributed by atoms with Gasteiger partial charge in [0.05, 0.1) is 12.7 Å². The zero-order valence-electron chi connectivity index (χ0n) is 9.32. The van der Waals surface area contributed by atoms with Crippen molar-refractivity contribution in [1.82, 2.24) is 15.0 Å². The molecule has 1 N–H and O–H groups in total. The fraction of sp³-hybridized carbons (Fsp3) is 0.273. The summed E-state index contributed by atoms with van der Waals surface area (Å²) in [5.41, 5.74) is -0.0135. The van der Waals surface area contributed by atoms with E-state index in [2.05, 4.69) is 15.6 Å². The highest BCUT2D eigenvalue weighted by Crippen LogP contribution is 2.13.